The predicted octanol–water partition coefficient (Wildman–Crippen LogP) is 6.74. The van der Waals surface area contributed by atoms with Crippen molar-refractivity contribution in [3.05, 3.63) is 76.9 Å². The Morgan fingerprint density at radius 3 is 2.41 bits per heavy atom. The number of carbonyl (C=O) groups is 3. The number of halogens is 3. The molecule has 1 aromatic heterocycles. The van der Waals surface area contributed by atoms with Gasteiger partial charge in [0.1, 0.15) is 11.9 Å². The molecule has 4 N–H and O–H groups in total. The minimum absolute atomic E-state index is 0.0172. The second-order valence-corrected chi connectivity index (χ2v) is 12.0. The topological polar surface area (TPSA) is 125 Å². The summed E-state index contributed by atoms with van der Waals surface area (Å²) in [6, 6.07) is 12.4. The van der Waals surface area contributed by atoms with Gasteiger partial charge in [-0.1, -0.05) is 17.4 Å². The summed E-state index contributed by atoms with van der Waals surface area (Å²) < 4.78 is 47.8. The number of hydrogen-bond donors (Lipinski definition) is 4. The highest BCUT2D eigenvalue weighted by Gasteiger charge is 2.32. The van der Waals surface area contributed by atoms with Crippen LogP contribution in [0.2, 0.25) is 0 Å². The van der Waals surface area contributed by atoms with Crippen molar-refractivity contribution >= 4 is 55.9 Å². The van der Waals surface area contributed by atoms with E-state index >= 15 is 0 Å². The minimum Gasteiger partial charge on any atom is -0.490 e. The van der Waals surface area contributed by atoms with Crippen molar-refractivity contribution in [2.45, 2.75) is 39.0 Å². The molecule has 1 aliphatic heterocycles. The summed E-state index contributed by atoms with van der Waals surface area (Å²) in [4.78, 5) is 44.7. The van der Waals surface area contributed by atoms with E-state index in [-0.39, 0.29) is 29.1 Å². The third-order valence-electron chi connectivity index (χ3n) is 7.42. The molecule has 1 fully saturated rings. The normalized spacial score (nSPS) is 14.1. The van der Waals surface area contributed by atoms with Crippen molar-refractivity contribution in [1.29, 1.82) is 0 Å². The fourth-order valence-corrected chi connectivity index (χ4v) is 5.81. The van der Waals surface area contributed by atoms with Crippen LogP contribution >= 0.6 is 11.3 Å². The average molecular weight is 655 g/mol. The standard InChI is InChI=1S/C32H33F3N6O4S/c1-4-36-30(44)40-31-39-25-8-6-19(15-27(25)46-31)28(42)38-26-17-22(7-5-18(26)2)37-29(43)20-13-21(32(33,34)35)16-24(14-20)45-23-9-11-41(3)12-10-23/h5-8,13-17,23H,4,9-12H2,1-3H3,(H,37,43)(H,38,42)(H2,36,39,40,44). The maximum Gasteiger partial charge on any atom is 0.416 e. The van der Waals surface area contributed by atoms with Crippen molar-refractivity contribution < 1.29 is 32.3 Å². The van der Waals surface area contributed by atoms with Crippen LogP contribution in [0.1, 0.15) is 51.6 Å². The van der Waals surface area contributed by atoms with Gasteiger partial charge in [-0.25, -0.2) is 9.78 Å². The fourth-order valence-electron chi connectivity index (χ4n) is 4.91. The minimum atomic E-state index is -4.67. The number of piperidine rings is 1. The van der Waals surface area contributed by atoms with E-state index in [0.29, 0.717) is 51.5 Å². The van der Waals surface area contributed by atoms with Crippen LogP contribution in [-0.2, 0) is 6.18 Å². The number of ether oxygens (including phenoxy) is 1. The Labute approximate surface area is 267 Å². The van der Waals surface area contributed by atoms with E-state index in [0.717, 1.165) is 25.2 Å². The Balaban J connectivity index is 1.30. The first-order chi connectivity index (χ1) is 21.9. The zero-order valence-corrected chi connectivity index (χ0v) is 26.2. The molecular weight excluding hydrogens is 621 g/mol. The second-order valence-electron chi connectivity index (χ2n) is 11.0. The van der Waals surface area contributed by atoms with Gasteiger partial charge in [-0.05, 0) is 87.8 Å². The molecule has 4 amide bonds. The predicted molar refractivity (Wildman–Crippen MR) is 172 cm³/mol. The number of amides is 4. The summed E-state index contributed by atoms with van der Waals surface area (Å²) >= 11 is 1.22. The molecule has 1 saturated heterocycles. The first-order valence-corrected chi connectivity index (χ1v) is 15.5. The Hall–Kier alpha value is -4.69. The van der Waals surface area contributed by atoms with E-state index in [4.69, 9.17) is 4.74 Å². The molecule has 5 rings (SSSR count). The molecule has 0 spiro atoms. The summed E-state index contributed by atoms with van der Waals surface area (Å²) in [5, 5.41) is 11.1. The Morgan fingerprint density at radius 1 is 0.957 bits per heavy atom. The van der Waals surface area contributed by atoms with Crippen LogP contribution in [-0.4, -0.2) is 60.5 Å². The molecule has 3 aromatic carbocycles. The number of hydrogen-bond acceptors (Lipinski definition) is 7. The van der Waals surface area contributed by atoms with Crippen LogP contribution in [0.5, 0.6) is 5.75 Å². The number of benzene rings is 3. The highest BCUT2D eigenvalue weighted by Crippen LogP contribution is 2.34. The van der Waals surface area contributed by atoms with Crippen molar-refractivity contribution in [2.75, 3.05) is 42.6 Å². The summed E-state index contributed by atoms with van der Waals surface area (Å²) in [5.41, 5.74) is 1.15. The summed E-state index contributed by atoms with van der Waals surface area (Å²) in [7, 11) is 1.97. The number of alkyl halides is 3. The number of fused-ring (bicyclic) bond motifs is 1. The molecule has 0 bridgehead atoms. The molecule has 0 aliphatic carbocycles. The second kappa shape index (κ2) is 13.7. The summed E-state index contributed by atoms with van der Waals surface area (Å²) in [6.45, 7) is 5.56. The highest BCUT2D eigenvalue weighted by atomic mass is 32.1. The van der Waals surface area contributed by atoms with Gasteiger partial charge in [0, 0.05) is 42.1 Å². The average Bonchev–Trinajstić information content (AvgIpc) is 3.41. The lowest BCUT2D eigenvalue weighted by molar-refractivity contribution is -0.137. The smallest absolute Gasteiger partial charge is 0.416 e. The Kier molecular flexibility index (Phi) is 9.77. The van der Waals surface area contributed by atoms with Gasteiger partial charge in [0.05, 0.1) is 15.8 Å². The van der Waals surface area contributed by atoms with Gasteiger partial charge in [-0.3, -0.25) is 14.9 Å². The highest BCUT2D eigenvalue weighted by molar-refractivity contribution is 7.22. The Morgan fingerprint density at radius 2 is 1.70 bits per heavy atom. The SMILES string of the molecule is CCNC(=O)Nc1nc2ccc(C(=O)Nc3cc(NC(=O)c4cc(OC5CCN(C)CC5)cc(C(F)(F)F)c4)ccc3C)cc2s1. The fraction of sp³-hybridized carbons (Fsp3) is 0.312. The molecule has 14 heteroatoms. The number of urea groups is 1. The zero-order chi connectivity index (χ0) is 33.0. The van der Waals surface area contributed by atoms with Gasteiger partial charge in [-0.2, -0.15) is 13.2 Å². The molecule has 46 heavy (non-hydrogen) atoms. The molecule has 0 unspecified atom stereocenters. The van der Waals surface area contributed by atoms with Crippen LogP contribution in [0, 0.1) is 6.92 Å². The van der Waals surface area contributed by atoms with E-state index in [2.05, 4.69) is 31.2 Å². The lowest BCUT2D eigenvalue weighted by Gasteiger charge is -2.29. The van der Waals surface area contributed by atoms with Gasteiger partial charge in [0.25, 0.3) is 11.8 Å². The van der Waals surface area contributed by atoms with Crippen LogP contribution < -0.4 is 26.0 Å². The van der Waals surface area contributed by atoms with Gasteiger partial charge in [-0.15, -0.1) is 0 Å². The van der Waals surface area contributed by atoms with Crippen LogP contribution in [0.25, 0.3) is 10.2 Å². The molecule has 242 valence electrons. The largest absolute Gasteiger partial charge is 0.490 e. The van der Waals surface area contributed by atoms with Crippen LogP contribution in [0.4, 0.5) is 34.5 Å². The number of anilines is 3. The molecule has 0 radical (unpaired) electrons. The van der Waals surface area contributed by atoms with Gasteiger partial charge in [0.15, 0.2) is 5.13 Å². The number of nitrogens with one attached hydrogen (secondary N) is 4. The van der Waals surface area contributed by atoms with E-state index in [1.54, 1.807) is 44.2 Å². The Bertz CT molecular complexity index is 1770. The molecule has 10 nitrogen and oxygen atoms in total. The van der Waals surface area contributed by atoms with Crippen molar-refractivity contribution in [1.82, 2.24) is 15.2 Å². The monoisotopic (exact) mass is 654 g/mol. The third-order valence-corrected chi connectivity index (χ3v) is 8.35. The van der Waals surface area contributed by atoms with Crippen molar-refractivity contribution in [3.8, 4) is 5.75 Å². The summed E-state index contributed by atoms with van der Waals surface area (Å²) in [6.07, 6.45) is -3.59. The number of likely N-dealkylation sites (tertiary alicyclic amines) is 1. The number of aromatic nitrogens is 1. The maximum atomic E-state index is 13.7. The number of rotatable bonds is 8. The van der Waals surface area contributed by atoms with Crippen LogP contribution in [0.15, 0.2) is 54.6 Å². The van der Waals surface area contributed by atoms with E-state index in [1.165, 1.54) is 23.5 Å². The van der Waals surface area contributed by atoms with E-state index in [1.807, 2.05) is 7.05 Å². The first kappa shape index (κ1) is 32.7. The number of thiazole rings is 1. The van der Waals surface area contributed by atoms with E-state index < -0.39 is 23.6 Å². The lowest BCUT2D eigenvalue weighted by Crippen LogP contribution is -2.35. The molecule has 1 aliphatic rings. The molecule has 4 aromatic rings. The number of aryl methyl sites for hydroxylation is 1. The van der Waals surface area contributed by atoms with Gasteiger partial charge >= 0.3 is 12.2 Å². The lowest BCUT2D eigenvalue weighted by atomic mass is 10.1. The van der Waals surface area contributed by atoms with E-state index in [9.17, 15) is 27.6 Å². The molecular formula is C32H33F3N6O4S. The first-order valence-electron chi connectivity index (χ1n) is 14.6. The third kappa shape index (κ3) is 8.12. The van der Waals surface area contributed by atoms with Crippen LogP contribution in [0.3, 0.4) is 0 Å². The molecule has 0 saturated carbocycles. The summed E-state index contributed by atoms with van der Waals surface area (Å²) in [5.74, 6) is -1.20. The zero-order valence-electron chi connectivity index (χ0n) is 25.4. The molecule has 2 heterocycles. The van der Waals surface area contributed by atoms with Gasteiger partial charge < -0.3 is 25.6 Å². The van der Waals surface area contributed by atoms with Gasteiger partial charge in [0.2, 0.25) is 0 Å². The molecule has 0 atom stereocenters. The quantitative estimate of drug-likeness (QED) is 0.167. The number of nitrogens with zero attached hydrogens (tertiary/aromatic N) is 2. The number of carbonyl (C=O) groups excluding carboxylic acids is 3. The van der Waals surface area contributed by atoms with Crippen molar-refractivity contribution in [3.63, 3.8) is 0 Å². The maximum absolute atomic E-state index is 13.7. The van der Waals surface area contributed by atoms with Crippen molar-refractivity contribution in [2.24, 2.45) is 0 Å².